The number of benzene rings is 1. The Morgan fingerprint density at radius 1 is 1.15 bits per heavy atom. The van der Waals surface area contributed by atoms with E-state index in [0.717, 1.165) is 30.1 Å². The fourth-order valence-electron chi connectivity index (χ4n) is 1.99. The molecule has 2 N–H and O–H groups in total. The third-order valence-corrected chi connectivity index (χ3v) is 3.06. The highest BCUT2D eigenvalue weighted by atomic mass is 16.5. The molecule has 1 aromatic carbocycles. The van der Waals surface area contributed by atoms with Crippen LogP contribution in [0.5, 0.6) is 5.75 Å². The van der Waals surface area contributed by atoms with E-state index in [1.54, 1.807) is 11.2 Å². The number of nitrogens with zero attached hydrogens (tertiary/aromatic N) is 3. The Morgan fingerprint density at radius 2 is 2.00 bits per heavy atom. The summed E-state index contributed by atoms with van der Waals surface area (Å²) in [7, 11) is 0. The Balaban J connectivity index is 1.62. The Morgan fingerprint density at radius 3 is 2.65 bits per heavy atom. The lowest BCUT2D eigenvalue weighted by Gasteiger charge is -2.12. The summed E-state index contributed by atoms with van der Waals surface area (Å²) >= 11 is 0. The van der Waals surface area contributed by atoms with Gasteiger partial charge in [-0.2, -0.15) is 5.10 Å². The van der Waals surface area contributed by atoms with Crippen LogP contribution in [-0.2, 0) is 6.61 Å². The molecule has 0 bridgehead atoms. The number of rotatable bonds is 4. The highest BCUT2D eigenvalue weighted by Gasteiger charge is 2.14. The van der Waals surface area contributed by atoms with Crippen molar-refractivity contribution in [3.63, 3.8) is 0 Å². The number of amidine groups is 1. The molecule has 0 aliphatic carbocycles. The van der Waals surface area contributed by atoms with Gasteiger partial charge in [-0.05, 0) is 17.7 Å². The molecule has 20 heavy (non-hydrogen) atoms. The van der Waals surface area contributed by atoms with Gasteiger partial charge in [0, 0.05) is 6.42 Å². The van der Waals surface area contributed by atoms with Crippen molar-refractivity contribution < 1.29 is 4.74 Å². The number of hydrogen-bond donors (Lipinski definition) is 1. The Hall–Kier alpha value is -2.56. The van der Waals surface area contributed by atoms with E-state index in [-0.39, 0.29) is 0 Å². The van der Waals surface area contributed by atoms with Crippen molar-refractivity contribution >= 4 is 11.7 Å². The molecule has 0 radical (unpaired) electrons. The van der Waals surface area contributed by atoms with Gasteiger partial charge in [0.05, 0.1) is 12.7 Å². The van der Waals surface area contributed by atoms with Gasteiger partial charge < -0.3 is 10.5 Å². The molecule has 1 aliphatic heterocycles. The molecule has 2 heterocycles. The number of pyridine rings is 1. The SMILES string of the molecule is NC1=NN(c2ccc(OCc3ccccc3)cn2)CC1. The van der Waals surface area contributed by atoms with Gasteiger partial charge in [-0.1, -0.05) is 30.3 Å². The van der Waals surface area contributed by atoms with Gasteiger partial charge in [0.1, 0.15) is 24.0 Å². The van der Waals surface area contributed by atoms with Crippen molar-refractivity contribution in [1.29, 1.82) is 0 Å². The van der Waals surface area contributed by atoms with E-state index in [4.69, 9.17) is 10.5 Å². The van der Waals surface area contributed by atoms with Gasteiger partial charge in [0.25, 0.3) is 0 Å². The van der Waals surface area contributed by atoms with Crippen LogP contribution >= 0.6 is 0 Å². The van der Waals surface area contributed by atoms with Gasteiger partial charge >= 0.3 is 0 Å². The third kappa shape index (κ3) is 2.88. The van der Waals surface area contributed by atoms with Crippen LogP contribution in [0, 0.1) is 0 Å². The molecule has 102 valence electrons. The predicted octanol–water partition coefficient (Wildman–Crippen LogP) is 2.14. The first-order valence-electron chi connectivity index (χ1n) is 6.54. The number of hydrogen-bond acceptors (Lipinski definition) is 5. The van der Waals surface area contributed by atoms with Crippen LogP contribution in [0.25, 0.3) is 0 Å². The summed E-state index contributed by atoms with van der Waals surface area (Å²) in [6.07, 6.45) is 2.50. The lowest BCUT2D eigenvalue weighted by molar-refractivity contribution is 0.305. The summed E-state index contributed by atoms with van der Waals surface area (Å²) in [4.78, 5) is 4.35. The molecule has 0 fully saturated rings. The molecule has 0 saturated heterocycles. The summed E-state index contributed by atoms with van der Waals surface area (Å²) in [6, 6.07) is 13.8. The first-order valence-corrected chi connectivity index (χ1v) is 6.54. The minimum Gasteiger partial charge on any atom is -0.487 e. The lowest BCUT2D eigenvalue weighted by atomic mass is 10.2. The number of anilines is 1. The smallest absolute Gasteiger partial charge is 0.149 e. The number of aromatic nitrogens is 1. The second kappa shape index (κ2) is 5.61. The molecule has 2 aromatic rings. The summed E-state index contributed by atoms with van der Waals surface area (Å²) in [6.45, 7) is 1.32. The van der Waals surface area contributed by atoms with Crippen molar-refractivity contribution in [2.75, 3.05) is 11.6 Å². The Bertz CT molecular complexity index is 595. The van der Waals surface area contributed by atoms with E-state index in [2.05, 4.69) is 10.1 Å². The molecular weight excluding hydrogens is 252 g/mol. The maximum absolute atomic E-state index is 5.69. The summed E-state index contributed by atoms with van der Waals surface area (Å²) in [5.74, 6) is 2.18. The van der Waals surface area contributed by atoms with Crippen molar-refractivity contribution in [1.82, 2.24) is 4.98 Å². The van der Waals surface area contributed by atoms with Crippen molar-refractivity contribution in [2.24, 2.45) is 10.8 Å². The summed E-state index contributed by atoms with van der Waals surface area (Å²) in [5, 5.41) is 6.01. The van der Waals surface area contributed by atoms with Crippen LogP contribution < -0.4 is 15.5 Å². The molecule has 1 aromatic heterocycles. The quantitative estimate of drug-likeness (QED) is 0.922. The Labute approximate surface area is 117 Å². The fraction of sp³-hybridized carbons (Fsp3) is 0.200. The predicted molar refractivity (Wildman–Crippen MR) is 78.6 cm³/mol. The first kappa shape index (κ1) is 12.5. The molecule has 0 saturated carbocycles. The third-order valence-electron chi connectivity index (χ3n) is 3.06. The molecule has 5 heteroatoms. The number of ether oxygens (including phenoxy) is 1. The summed E-state index contributed by atoms with van der Waals surface area (Å²) in [5.41, 5.74) is 6.79. The highest BCUT2D eigenvalue weighted by molar-refractivity contribution is 5.83. The van der Waals surface area contributed by atoms with Crippen LogP contribution in [0.2, 0.25) is 0 Å². The molecule has 0 amide bonds. The van der Waals surface area contributed by atoms with Crippen molar-refractivity contribution in [3.8, 4) is 5.75 Å². The van der Waals surface area contributed by atoms with E-state index in [9.17, 15) is 0 Å². The maximum Gasteiger partial charge on any atom is 0.149 e. The monoisotopic (exact) mass is 268 g/mol. The second-order valence-electron chi connectivity index (χ2n) is 4.59. The zero-order chi connectivity index (χ0) is 13.8. The standard InChI is InChI=1S/C15H16N4O/c16-14-8-9-19(18-14)15-7-6-13(10-17-15)20-11-12-4-2-1-3-5-12/h1-7,10H,8-9,11H2,(H2,16,18). The number of hydrazone groups is 1. The molecule has 0 unspecified atom stereocenters. The van der Waals surface area contributed by atoms with Gasteiger partial charge in [-0.25, -0.2) is 9.99 Å². The zero-order valence-electron chi connectivity index (χ0n) is 11.1. The molecule has 3 rings (SSSR count). The maximum atomic E-state index is 5.69. The molecule has 1 aliphatic rings. The van der Waals surface area contributed by atoms with E-state index in [0.29, 0.717) is 12.4 Å². The van der Waals surface area contributed by atoms with Gasteiger partial charge in [0.15, 0.2) is 0 Å². The minimum atomic E-state index is 0.538. The normalized spacial score (nSPS) is 14.2. The van der Waals surface area contributed by atoms with Crippen LogP contribution in [-0.4, -0.2) is 17.4 Å². The van der Waals surface area contributed by atoms with E-state index in [1.807, 2.05) is 42.5 Å². The van der Waals surface area contributed by atoms with Crippen molar-refractivity contribution in [2.45, 2.75) is 13.0 Å². The van der Waals surface area contributed by atoms with Gasteiger partial charge in [-0.15, -0.1) is 0 Å². The minimum absolute atomic E-state index is 0.538. The van der Waals surface area contributed by atoms with E-state index in [1.165, 1.54) is 0 Å². The average molecular weight is 268 g/mol. The van der Waals surface area contributed by atoms with Crippen molar-refractivity contribution in [3.05, 3.63) is 54.2 Å². The average Bonchev–Trinajstić information content (AvgIpc) is 2.93. The highest BCUT2D eigenvalue weighted by Crippen LogP contribution is 2.19. The Kier molecular flexibility index (Phi) is 3.50. The van der Waals surface area contributed by atoms with E-state index < -0.39 is 0 Å². The van der Waals surface area contributed by atoms with Crippen LogP contribution in [0.15, 0.2) is 53.8 Å². The molecule has 5 nitrogen and oxygen atoms in total. The van der Waals surface area contributed by atoms with Gasteiger partial charge in [-0.3, -0.25) is 0 Å². The van der Waals surface area contributed by atoms with E-state index >= 15 is 0 Å². The topological polar surface area (TPSA) is 63.7 Å². The summed E-state index contributed by atoms with van der Waals surface area (Å²) < 4.78 is 5.69. The zero-order valence-corrected chi connectivity index (χ0v) is 11.1. The molecular formula is C15H16N4O. The molecule has 0 spiro atoms. The lowest BCUT2D eigenvalue weighted by Crippen LogP contribution is -2.13. The number of nitrogens with two attached hydrogens (primary N) is 1. The second-order valence-corrected chi connectivity index (χ2v) is 4.59. The van der Waals surface area contributed by atoms with Crippen LogP contribution in [0.3, 0.4) is 0 Å². The first-order chi connectivity index (χ1) is 9.81. The van der Waals surface area contributed by atoms with Crippen LogP contribution in [0.4, 0.5) is 5.82 Å². The molecule has 0 atom stereocenters. The van der Waals surface area contributed by atoms with Gasteiger partial charge in [0.2, 0.25) is 0 Å². The van der Waals surface area contributed by atoms with Crippen LogP contribution in [0.1, 0.15) is 12.0 Å². The fourth-order valence-corrected chi connectivity index (χ4v) is 1.99. The largest absolute Gasteiger partial charge is 0.487 e.